The second kappa shape index (κ2) is 12.1. The van der Waals surface area contributed by atoms with Crippen LogP contribution in [0.15, 0.2) is 91.8 Å². The first-order valence-electron chi connectivity index (χ1n) is 13.4. The fraction of sp³-hybridized carbons (Fsp3) is 0.219. The van der Waals surface area contributed by atoms with Gasteiger partial charge in [-0.3, -0.25) is 14.3 Å². The molecule has 1 aliphatic rings. The number of allylic oxidation sites excluding steroid dienone is 2. The number of imidazole rings is 1. The van der Waals surface area contributed by atoms with Crippen LogP contribution in [0, 0.1) is 0 Å². The summed E-state index contributed by atoms with van der Waals surface area (Å²) in [4.78, 5) is 24.3. The molecule has 2 aromatic heterocycles. The number of pyridine rings is 1. The van der Waals surface area contributed by atoms with Gasteiger partial charge < -0.3 is 10.2 Å². The van der Waals surface area contributed by atoms with E-state index in [0.29, 0.717) is 23.6 Å². The third-order valence-electron chi connectivity index (χ3n) is 6.79. The van der Waals surface area contributed by atoms with Gasteiger partial charge in [-0.1, -0.05) is 68.3 Å². The van der Waals surface area contributed by atoms with E-state index in [1.165, 1.54) is 0 Å². The minimum Gasteiger partial charge on any atom is -0.352 e. The van der Waals surface area contributed by atoms with E-state index in [-0.39, 0.29) is 5.91 Å². The Balaban J connectivity index is 1.35. The zero-order chi connectivity index (χ0) is 27.2. The topological polar surface area (TPSA) is 63.1 Å². The van der Waals surface area contributed by atoms with Gasteiger partial charge in [0.05, 0.1) is 11.4 Å². The minimum atomic E-state index is -0.0949. The monoisotopic (exact) mass is 537 g/mol. The maximum atomic E-state index is 12.7. The molecule has 39 heavy (non-hydrogen) atoms. The van der Waals surface area contributed by atoms with E-state index in [4.69, 9.17) is 16.6 Å². The maximum Gasteiger partial charge on any atom is 0.251 e. The van der Waals surface area contributed by atoms with Crippen molar-refractivity contribution in [3.63, 3.8) is 0 Å². The molecule has 0 saturated carbocycles. The number of fused-ring (bicyclic) bond motifs is 1. The van der Waals surface area contributed by atoms with Crippen LogP contribution < -0.4 is 10.2 Å². The number of amides is 1. The molecule has 4 aromatic rings. The van der Waals surface area contributed by atoms with Gasteiger partial charge in [0.2, 0.25) is 5.95 Å². The van der Waals surface area contributed by atoms with E-state index in [1.807, 2.05) is 77.5 Å². The van der Waals surface area contributed by atoms with E-state index in [2.05, 4.69) is 34.8 Å². The van der Waals surface area contributed by atoms with Crippen LogP contribution in [0.3, 0.4) is 0 Å². The third-order valence-corrected chi connectivity index (χ3v) is 7.05. The summed E-state index contributed by atoms with van der Waals surface area (Å²) in [5, 5.41) is 3.69. The molecule has 0 bridgehead atoms. The molecule has 0 atom stereocenters. The van der Waals surface area contributed by atoms with Gasteiger partial charge in [0.1, 0.15) is 0 Å². The SMILES string of the molecule is C=C1C=C(c2ccc(C(=O)NCCc3ccccn3)cc2)N(CCCCC)c2nc(-c3ccc(Cl)cc3)cn21. The highest BCUT2D eigenvalue weighted by molar-refractivity contribution is 6.30. The second-order valence-corrected chi connectivity index (χ2v) is 10.0. The van der Waals surface area contributed by atoms with E-state index in [1.54, 1.807) is 6.20 Å². The normalized spacial score (nSPS) is 12.7. The largest absolute Gasteiger partial charge is 0.352 e. The van der Waals surface area contributed by atoms with Gasteiger partial charge in [0.15, 0.2) is 0 Å². The maximum absolute atomic E-state index is 12.7. The average Bonchev–Trinajstić information content (AvgIpc) is 3.41. The Labute approximate surface area is 234 Å². The van der Waals surface area contributed by atoms with Crippen molar-refractivity contribution in [2.45, 2.75) is 32.6 Å². The number of carbonyl (C=O) groups excluding carboxylic acids is 1. The van der Waals surface area contributed by atoms with Crippen molar-refractivity contribution in [3.8, 4) is 11.3 Å². The summed E-state index contributed by atoms with van der Waals surface area (Å²) in [7, 11) is 0. The molecule has 5 rings (SSSR count). The first kappa shape index (κ1) is 26.4. The van der Waals surface area contributed by atoms with Crippen molar-refractivity contribution in [2.24, 2.45) is 0 Å². The van der Waals surface area contributed by atoms with E-state index < -0.39 is 0 Å². The number of nitrogens with zero attached hydrogens (tertiary/aromatic N) is 4. The predicted molar refractivity (Wildman–Crippen MR) is 160 cm³/mol. The van der Waals surface area contributed by atoms with Crippen LogP contribution in [0.5, 0.6) is 0 Å². The lowest BCUT2D eigenvalue weighted by atomic mass is 10.0. The van der Waals surface area contributed by atoms with Gasteiger partial charge >= 0.3 is 0 Å². The molecule has 0 radical (unpaired) electrons. The Hall–Kier alpha value is -4.16. The fourth-order valence-electron chi connectivity index (χ4n) is 4.67. The van der Waals surface area contributed by atoms with Gasteiger partial charge in [-0.15, -0.1) is 0 Å². The number of benzene rings is 2. The van der Waals surface area contributed by atoms with Gasteiger partial charge in [0.25, 0.3) is 5.91 Å². The molecule has 3 heterocycles. The Morgan fingerprint density at radius 3 is 2.49 bits per heavy atom. The first-order chi connectivity index (χ1) is 19.0. The number of rotatable bonds is 10. The van der Waals surface area contributed by atoms with Crippen LogP contribution in [0.4, 0.5) is 5.95 Å². The molecule has 198 valence electrons. The van der Waals surface area contributed by atoms with Crippen molar-refractivity contribution in [3.05, 3.63) is 114 Å². The Morgan fingerprint density at radius 1 is 1.00 bits per heavy atom. The van der Waals surface area contributed by atoms with Crippen LogP contribution in [-0.2, 0) is 6.42 Å². The summed E-state index contributed by atoms with van der Waals surface area (Å²) >= 11 is 6.10. The number of carbonyl (C=O) groups is 1. The molecule has 0 aliphatic carbocycles. The van der Waals surface area contributed by atoms with E-state index in [9.17, 15) is 4.79 Å². The third kappa shape index (κ3) is 6.13. The highest BCUT2D eigenvalue weighted by Gasteiger charge is 2.26. The molecule has 0 unspecified atom stereocenters. The average molecular weight is 538 g/mol. The summed E-state index contributed by atoms with van der Waals surface area (Å²) < 4.78 is 2.04. The zero-order valence-corrected chi connectivity index (χ0v) is 22.9. The summed E-state index contributed by atoms with van der Waals surface area (Å²) in [6, 6.07) is 21.3. The number of unbranched alkanes of at least 4 members (excludes halogenated alkanes) is 2. The number of hydrogen-bond donors (Lipinski definition) is 1. The van der Waals surface area contributed by atoms with E-state index >= 15 is 0 Å². The molecule has 6 nitrogen and oxygen atoms in total. The van der Waals surface area contributed by atoms with E-state index in [0.717, 1.165) is 65.7 Å². The quantitative estimate of drug-likeness (QED) is 0.219. The Bertz CT molecular complexity index is 1470. The first-order valence-corrected chi connectivity index (χ1v) is 13.7. The summed E-state index contributed by atoms with van der Waals surface area (Å²) in [5.41, 5.74) is 6.34. The molecular formula is C32H32ClN5O. The number of anilines is 1. The smallest absolute Gasteiger partial charge is 0.251 e. The molecule has 0 spiro atoms. The van der Waals surface area contributed by atoms with Gasteiger partial charge in [0, 0.05) is 59.4 Å². The fourth-order valence-corrected chi connectivity index (χ4v) is 4.80. The van der Waals surface area contributed by atoms with Crippen molar-refractivity contribution < 1.29 is 4.79 Å². The summed E-state index contributed by atoms with van der Waals surface area (Å²) in [5.74, 6) is 0.748. The molecule has 7 heteroatoms. The lowest BCUT2D eigenvalue weighted by Gasteiger charge is -2.31. The van der Waals surface area contributed by atoms with Crippen LogP contribution >= 0.6 is 11.6 Å². The van der Waals surface area contributed by atoms with Crippen LogP contribution in [0.2, 0.25) is 5.02 Å². The molecule has 1 aliphatic heterocycles. The number of aromatic nitrogens is 3. The van der Waals surface area contributed by atoms with Crippen molar-refractivity contribution in [1.82, 2.24) is 19.9 Å². The predicted octanol–water partition coefficient (Wildman–Crippen LogP) is 7.09. The number of hydrogen-bond acceptors (Lipinski definition) is 4. The Morgan fingerprint density at radius 2 is 1.77 bits per heavy atom. The summed E-state index contributed by atoms with van der Waals surface area (Å²) in [6.45, 7) is 7.89. The van der Waals surface area contributed by atoms with Crippen molar-refractivity contribution in [2.75, 3.05) is 18.0 Å². The van der Waals surface area contributed by atoms with Crippen LogP contribution in [0.1, 0.15) is 47.8 Å². The van der Waals surface area contributed by atoms with Crippen LogP contribution in [-0.4, -0.2) is 33.5 Å². The standard InChI is InChI=1S/C32H32ClN5O/c1-3-4-7-20-37-30(21-23(2)38-22-29(36-32(37)38)24-13-15-27(33)16-14-24)25-9-11-26(12-10-25)31(39)35-19-17-28-8-5-6-18-34-28/h5-6,8-16,18,21-22H,2-4,7,17,19-20H2,1H3,(H,35,39). The molecule has 2 aromatic carbocycles. The summed E-state index contributed by atoms with van der Waals surface area (Å²) in [6.07, 6.45) is 9.88. The van der Waals surface area contributed by atoms with Crippen LogP contribution in [0.25, 0.3) is 22.7 Å². The van der Waals surface area contributed by atoms with Gasteiger partial charge in [-0.05, 0) is 54.5 Å². The molecule has 0 saturated heterocycles. The minimum absolute atomic E-state index is 0.0949. The second-order valence-electron chi connectivity index (χ2n) is 9.59. The van der Waals surface area contributed by atoms with Crippen molar-refractivity contribution in [1.29, 1.82) is 0 Å². The number of nitrogens with one attached hydrogen (secondary N) is 1. The zero-order valence-electron chi connectivity index (χ0n) is 22.1. The van der Waals surface area contributed by atoms with Gasteiger partial charge in [-0.2, -0.15) is 0 Å². The van der Waals surface area contributed by atoms with Gasteiger partial charge in [-0.25, -0.2) is 4.98 Å². The molecule has 1 amide bonds. The molecule has 1 N–H and O–H groups in total. The molecule has 0 fully saturated rings. The highest BCUT2D eigenvalue weighted by Crippen LogP contribution is 2.36. The lowest BCUT2D eigenvalue weighted by molar-refractivity contribution is 0.0954. The highest BCUT2D eigenvalue weighted by atomic mass is 35.5. The lowest BCUT2D eigenvalue weighted by Crippen LogP contribution is -2.29. The number of halogens is 1. The Kier molecular flexibility index (Phi) is 8.23. The molecular weight excluding hydrogens is 506 g/mol. The van der Waals surface area contributed by atoms with Crippen molar-refractivity contribution >= 4 is 34.9 Å².